The summed E-state index contributed by atoms with van der Waals surface area (Å²) in [4.78, 5) is 28.3. The Morgan fingerprint density at radius 1 is 1.11 bits per heavy atom. The predicted octanol–water partition coefficient (Wildman–Crippen LogP) is 6.43. The van der Waals surface area contributed by atoms with Crippen LogP contribution in [-0.4, -0.2) is 50.5 Å². The van der Waals surface area contributed by atoms with Crippen LogP contribution in [0, 0.1) is 24.0 Å². The summed E-state index contributed by atoms with van der Waals surface area (Å²) in [7, 11) is 0. The Kier molecular flexibility index (Phi) is 9.11. The molecule has 1 aliphatic heterocycles. The molecule has 5 aromatic rings. The first-order valence-electron chi connectivity index (χ1n) is 14.3. The van der Waals surface area contributed by atoms with Crippen LogP contribution in [0.15, 0.2) is 60.9 Å². The molecule has 1 saturated heterocycles. The van der Waals surface area contributed by atoms with E-state index >= 15 is 4.39 Å². The molecule has 1 amide bonds. The zero-order valence-electron chi connectivity index (χ0n) is 24.0. The van der Waals surface area contributed by atoms with Crippen molar-refractivity contribution >= 4 is 50.5 Å². The summed E-state index contributed by atoms with van der Waals surface area (Å²) in [6.07, 6.45) is 12.2. The number of aromatic nitrogens is 3. The molecule has 3 aromatic heterocycles. The molecule has 0 atom stereocenters. The average molecular weight is 643 g/mol. The molecule has 1 aliphatic rings. The third kappa shape index (κ3) is 7.34. The van der Waals surface area contributed by atoms with Crippen LogP contribution in [0.1, 0.15) is 29.8 Å². The summed E-state index contributed by atoms with van der Waals surface area (Å²) in [5, 5.41) is 5.28. The fourth-order valence-corrected chi connectivity index (χ4v) is 6.40. The molecule has 0 spiro atoms. The summed E-state index contributed by atoms with van der Waals surface area (Å²) in [5.74, 6) is 2.22. The lowest BCUT2D eigenvalue weighted by Gasteiger charge is -2.12. The monoisotopic (exact) mass is 642 g/mol. The van der Waals surface area contributed by atoms with Crippen LogP contribution < -0.4 is 15.4 Å². The molecular weight excluding hydrogens is 615 g/mol. The van der Waals surface area contributed by atoms with E-state index in [1.54, 1.807) is 18.3 Å². The number of amides is 1. The van der Waals surface area contributed by atoms with Gasteiger partial charge in [0.05, 0.1) is 33.4 Å². The van der Waals surface area contributed by atoms with Gasteiger partial charge in [0.1, 0.15) is 17.4 Å². The van der Waals surface area contributed by atoms with Crippen molar-refractivity contribution in [3.63, 3.8) is 0 Å². The van der Waals surface area contributed by atoms with Crippen LogP contribution in [0.4, 0.5) is 14.5 Å². The van der Waals surface area contributed by atoms with Gasteiger partial charge in [-0.2, -0.15) is 0 Å². The van der Waals surface area contributed by atoms with Gasteiger partial charge in [-0.3, -0.25) is 9.78 Å². The van der Waals surface area contributed by atoms with Crippen molar-refractivity contribution in [3.05, 3.63) is 89.5 Å². The van der Waals surface area contributed by atoms with Crippen LogP contribution in [-0.2, 0) is 17.6 Å². The van der Waals surface area contributed by atoms with Gasteiger partial charge in [-0.1, -0.05) is 12.0 Å². The summed E-state index contributed by atoms with van der Waals surface area (Å²) < 4.78 is 35.3. The Morgan fingerprint density at radius 3 is 2.76 bits per heavy atom. The third-order valence-electron chi connectivity index (χ3n) is 7.37. The number of hydrogen-bond acceptors (Lipinski definition) is 7. The zero-order chi connectivity index (χ0) is 31.3. The van der Waals surface area contributed by atoms with Gasteiger partial charge in [-0.25, -0.2) is 13.8 Å². The van der Waals surface area contributed by atoms with E-state index in [4.69, 9.17) is 23.4 Å². The number of likely N-dealkylation sites (tertiary alicyclic amines) is 1. The second-order valence-corrected chi connectivity index (χ2v) is 12.0. The van der Waals surface area contributed by atoms with Crippen molar-refractivity contribution in [2.75, 3.05) is 25.0 Å². The van der Waals surface area contributed by atoms with Crippen molar-refractivity contribution < 1.29 is 18.3 Å². The van der Waals surface area contributed by atoms with E-state index in [9.17, 15) is 9.18 Å². The summed E-state index contributed by atoms with van der Waals surface area (Å²) in [5.41, 5.74) is 2.71. The molecule has 0 bridgehead atoms. The Balaban J connectivity index is 1.09. The van der Waals surface area contributed by atoms with Gasteiger partial charge in [-0.05, 0) is 74.0 Å². The minimum absolute atomic E-state index is 0.0156. The van der Waals surface area contributed by atoms with E-state index in [-0.39, 0.29) is 22.8 Å². The first-order chi connectivity index (χ1) is 21.8. The number of imidazole rings is 1. The zero-order valence-corrected chi connectivity index (χ0v) is 25.7. The number of nitrogens with zero attached hydrogens (tertiary/aromatic N) is 3. The first kappa shape index (κ1) is 30.3. The molecule has 2 aromatic carbocycles. The number of hydrogen-bond donors (Lipinski definition) is 3. The SMILES string of the molecule is C#Cc1cc(F)ccc1CC(=O)NC(=S)Nc1ccc(Oc2ccnc3cc(-c4cnc(CCN5CCCC5)[nH]4)sc23)c(F)c1. The Morgan fingerprint density at radius 2 is 1.96 bits per heavy atom. The summed E-state index contributed by atoms with van der Waals surface area (Å²) >= 11 is 6.71. The number of carbonyl (C=O) groups is 1. The highest BCUT2D eigenvalue weighted by molar-refractivity contribution is 7.80. The minimum atomic E-state index is -0.628. The predicted molar refractivity (Wildman–Crippen MR) is 175 cm³/mol. The lowest BCUT2D eigenvalue weighted by molar-refractivity contribution is -0.119. The number of H-pyrrole nitrogens is 1. The molecule has 6 rings (SSSR count). The van der Waals surface area contributed by atoms with E-state index in [1.807, 2.05) is 12.3 Å². The number of rotatable bonds is 9. The molecular formula is C33H28F2N6O2S2. The van der Waals surface area contributed by atoms with Gasteiger partial charge in [0.25, 0.3) is 0 Å². The Labute approximate surface area is 267 Å². The molecule has 8 nitrogen and oxygen atoms in total. The van der Waals surface area contributed by atoms with E-state index in [2.05, 4.69) is 36.4 Å². The van der Waals surface area contributed by atoms with Gasteiger partial charge in [0, 0.05) is 42.5 Å². The van der Waals surface area contributed by atoms with Crippen LogP contribution in [0.5, 0.6) is 11.5 Å². The quantitative estimate of drug-likeness (QED) is 0.126. The number of fused-ring (bicyclic) bond motifs is 1. The number of thiophene rings is 1. The third-order valence-corrected chi connectivity index (χ3v) is 8.75. The lowest BCUT2D eigenvalue weighted by atomic mass is 10.0. The maximum atomic E-state index is 15.1. The maximum absolute atomic E-state index is 15.1. The first-order valence-corrected chi connectivity index (χ1v) is 15.6. The van der Waals surface area contributed by atoms with Crippen molar-refractivity contribution in [1.29, 1.82) is 0 Å². The molecule has 4 heterocycles. The van der Waals surface area contributed by atoms with Gasteiger partial charge < -0.3 is 25.3 Å². The highest BCUT2D eigenvalue weighted by Gasteiger charge is 2.16. The number of thiocarbonyl (C=S) groups is 1. The van der Waals surface area contributed by atoms with Crippen LogP contribution in [0.25, 0.3) is 20.8 Å². The molecule has 0 aliphatic carbocycles. The Hall–Kier alpha value is -4.70. The van der Waals surface area contributed by atoms with Gasteiger partial charge in [-0.15, -0.1) is 17.8 Å². The number of pyridine rings is 1. The number of benzene rings is 2. The van der Waals surface area contributed by atoms with E-state index in [0.29, 0.717) is 17.0 Å². The number of anilines is 1. The molecule has 0 radical (unpaired) electrons. The van der Waals surface area contributed by atoms with Crippen molar-refractivity contribution in [2.24, 2.45) is 0 Å². The summed E-state index contributed by atoms with van der Waals surface area (Å²) in [6.45, 7) is 3.29. The second-order valence-electron chi connectivity index (χ2n) is 10.5. The second kappa shape index (κ2) is 13.5. The summed E-state index contributed by atoms with van der Waals surface area (Å²) in [6, 6.07) is 11.8. The molecule has 45 heavy (non-hydrogen) atoms. The van der Waals surface area contributed by atoms with Crippen molar-refractivity contribution in [1.82, 2.24) is 25.2 Å². The molecule has 0 saturated carbocycles. The van der Waals surface area contributed by atoms with Crippen LogP contribution in [0.2, 0.25) is 0 Å². The van der Waals surface area contributed by atoms with E-state index in [0.717, 1.165) is 52.7 Å². The average Bonchev–Trinajstić information content (AvgIpc) is 3.79. The topological polar surface area (TPSA) is 95.2 Å². The maximum Gasteiger partial charge on any atom is 0.230 e. The molecule has 228 valence electrons. The molecule has 0 unspecified atom stereocenters. The highest BCUT2D eigenvalue weighted by Crippen LogP contribution is 2.39. The van der Waals surface area contributed by atoms with Crippen molar-refractivity contribution in [3.8, 4) is 34.4 Å². The van der Waals surface area contributed by atoms with Crippen molar-refractivity contribution in [2.45, 2.75) is 25.7 Å². The number of carbonyl (C=O) groups excluding carboxylic acids is 1. The number of terminal acetylenes is 1. The number of nitrogens with one attached hydrogen (secondary N) is 3. The standard InChI is InChI=1S/C33H28F2N6O2S2/c1-2-20-15-22(34)6-5-21(20)16-31(42)40-33(44)38-23-7-8-27(24(35)17-23)43-28-9-11-36-25-18-29(45-32(25)28)26-19-37-30(39-26)10-14-41-12-3-4-13-41/h1,5-9,11,15,17-19H,3-4,10,12-14,16H2,(H,37,39)(H2,38,40,42,44). The fourth-order valence-electron chi connectivity index (χ4n) is 5.14. The molecule has 3 N–H and O–H groups in total. The highest BCUT2D eigenvalue weighted by atomic mass is 32.1. The van der Waals surface area contributed by atoms with E-state index in [1.165, 1.54) is 54.5 Å². The number of halogens is 2. The fraction of sp³-hybridized carbons (Fsp3) is 0.212. The normalized spacial score (nSPS) is 13.1. The smallest absolute Gasteiger partial charge is 0.230 e. The Bertz CT molecular complexity index is 1930. The van der Waals surface area contributed by atoms with Gasteiger partial charge in [0.15, 0.2) is 16.7 Å². The van der Waals surface area contributed by atoms with Gasteiger partial charge >= 0.3 is 0 Å². The van der Waals surface area contributed by atoms with E-state index < -0.39 is 17.5 Å². The molecule has 12 heteroatoms. The largest absolute Gasteiger partial charge is 0.453 e. The number of ether oxygens (including phenoxy) is 1. The lowest BCUT2D eigenvalue weighted by Crippen LogP contribution is -2.35. The van der Waals surface area contributed by atoms with Crippen LogP contribution >= 0.6 is 23.6 Å². The number of aromatic amines is 1. The molecule has 1 fully saturated rings. The minimum Gasteiger partial charge on any atom is -0.453 e. The van der Waals surface area contributed by atoms with Gasteiger partial charge in [0.2, 0.25) is 5.91 Å². The van der Waals surface area contributed by atoms with Crippen LogP contribution in [0.3, 0.4) is 0 Å².